The van der Waals surface area contributed by atoms with E-state index in [9.17, 15) is 14.4 Å². The zero-order valence-corrected chi connectivity index (χ0v) is 11.7. The molecule has 2 aromatic carbocycles. The van der Waals surface area contributed by atoms with Crippen LogP contribution >= 0.6 is 0 Å². The molecule has 0 bridgehead atoms. The maximum absolute atomic E-state index is 12.6. The zero-order chi connectivity index (χ0) is 15.9. The molecule has 1 aliphatic rings. The minimum Gasteiger partial charge on any atom is -0.424 e. The van der Waals surface area contributed by atoms with E-state index in [1.54, 1.807) is 30.3 Å². The van der Waals surface area contributed by atoms with Gasteiger partial charge >= 0.3 is 5.97 Å². The van der Waals surface area contributed by atoms with E-state index in [1.165, 1.54) is 19.1 Å². The number of fused-ring (bicyclic) bond motifs is 1. The molecule has 2 N–H and O–H groups in total. The van der Waals surface area contributed by atoms with E-state index in [1.807, 2.05) is 0 Å². The Morgan fingerprint density at radius 3 is 2.45 bits per heavy atom. The van der Waals surface area contributed by atoms with E-state index in [0.29, 0.717) is 0 Å². The highest BCUT2D eigenvalue weighted by atomic mass is 16.5. The Morgan fingerprint density at radius 1 is 1.05 bits per heavy atom. The second-order valence-corrected chi connectivity index (χ2v) is 4.78. The second kappa shape index (κ2) is 5.00. The van der Waals surface area contributed by atoms with Crippen molar-refractivity contribution in [2.24, 2.45) is 0 Å². The van der Waals surface area contributed by atoms with E-state index < -0.39 is 17.8 Å². The van der Waals surface area contributed by atoms with Crippen LogP contribution < -0.4 is 15.4 Å². The van der Waals surface area contributed by atoms with Crippen molar-refractivity contribution in [1.82, 2.24) is 0 Å². The largest absolute Gasteiger partial charge is 0.424 e. The molecule has 0 unspecified atom stereocenters. The Morgan fingerprint density at radius 2 is 1.77 bits per heavy atom. The Bertz CT molecular complexity index is 814. The number of rotatable bonds is 2. The highest BCUT2D eigenvalue weighted by Crippen LogP contribution is 2.36. The minimum absolute atomic E-state index is 0.142. The van der Waals surface area contributed by atoms with Crippen LogP contribution in [-0.2, 0) is 4.79 Å². The summed E-state index contributed by atoms with van der Waals surface area (Å²) in [6.45, 7) is 1.25. The van der Waals surface area contributed by atoms with Crippen molar-refractivity contribution < 1.29 is 19.1 Å². The number of para-hydroxylation sites is 2. The molecule has 0 saturated heterocycles. The number of hydrogen-bond donors (Lipinski definition) is 1. The van der Waals surface area contributed by atoms with Crippen LogP contribution in [0.5, 0.6) is 5.75 Å². The van der Waals surface area contributed by atoms with Crippen LogP contribution in [0, 0.1) is 0 Å². The maximum atomic E-state index is 12.6. The zero-order valence-electron chi connectivity index (χ0n) is 11.7. The molecule has 1 aliphatic heterocycles. The molecule has 6 nitrogen and oxygen atoms in total. The summed E-state index contributed by atoms with van der Waals surface area (Å²) in [5, 5.41) is 0. The van der Waals surface area contributed by atoms with Crippen LogP contribution in [-0.4, -0.2) is 17.8 Å². The summed E-state index contributed by atoms with van der Waals surface area (Å²) < 4.78 is 5.07. The van der Waals surface area contributed by atoms with E-state index in [2.05, 4.69) is 0 Å². The predicted molar refractivity (Wildman–Crippen MR) is 79.7 cm³/mol. The molecule has 6 heteroatoms. The number of anilines is 2. The van der Waals surface area contributed by atoms with E-state index in [4.69, 9.17) is 10.5 Å². The van der Waals surface area contributed by atoms with Crippen molar-refractivity contribution in [1.29, 1.82) is 0 Å². The molecule has 0 fully saturated rings. The molecule has 0 saturated carbocycles. The minimum atomic E-state index is -0.538. The van der Waals surface area contributed by atoms with Gasteiger partial charge < -0.3 is 10.5 Å². The number of ether oxygens (including phenoxy) is 1. The van der Waals surface area contributed by atoms with E-state index >= 15 is 0 Å². The number of amides is 2. The SMILES string of the molecule is CC(=O)Oc1ccccc1N1C(=O)c2cccc(N)c2C1=O. The lowest BCUT2D eigenvalue weighted by molar-refractivity contribution is -0.131. The van der Waals surface area contributed by atoms with Crippen molar-refractivity contribution in [2.75, 3.05) is 10.6 Å². The number of nitrogens with two attached hydrogens (primary N) is 1. The molecule has 2 aromatic rings. The molecule has 1 heterocycles. The summed E-state index contributed by atoms with van der Waals surface area (Å²) in [5.74, 6) is -1.42. The average molecular weight is 296 g/mol. The third kappa shape index (κ3) is 2.01. The summed E-state index contributed by atoms with van der Waals surface area (Å²) in [4.78, 5) is 37.2. The number of carbonyl (C=O) groups excluding carboxylic acids is 3. The van der Waals surface area contributed by atoms with Crippen molar-refractivity contribution in [3.8, 4) is 5.75 Å². The average Bonchev–Trinajstić information content (AvgIpc) is 2.72. The van der Waals surface area contributed by atoms with Gasteiger partial charge in [-0.3, -0.25) is 14.4 Å². The van der Waals surface area contributed by atoms with Crippen molar-refractivity contribution >= 4 is 29.2 Å². The summed E-state index contributed by atoms with van der Waals surface area (Å²) in [7, 11) is 0. The van der Waals surface area contributed by atoms with Gasteiger partial charge in [-0.15, -0.1) is 0 Å². The summed E-state index contributed by atoms with van der Waals surface area (Å²) >= 11 is 0. The lowest BCUT2D eigenvalue weighted by Crippen LogP contribution is -2.30. The lowest BCUT2D eigenvalue weighted by atomic mass is 10.1. The Balaban J connectivity index is 2.12. The van der Waals surface area contributed by atoms with E-state index in [0.717, 1.165) is 4.90 Å². The number of imide groups is 1. The standard InChI is InChI=1S/C16H12N2O4/c1-9(19)22-13-8-3-2-7-12(13)18-15(20)10-5-4-6-11(17)14(10)16(18)21/h2-8H,17H2,1H3. The van der Waals surface area contributed by atoms with Crippen LogP contribution in [0.2, 0.25) is 0 Å². The van der Waals surface area contributed by atoms with Crippen LogP contribution in [0.15, 0.2) is 42.5 Å². The van der Waals surface area contributed by atoms with Gasteiger partial charge in [0.1, 0.15) is 0 Å². The first-order valence-corrected chi connectivity index (χ1v) is 6.55. The molecule has 0 spiro atoms. The third-order valence-electron chi connectivity index (χ3n) is 3.31. The van der Waals surface area contributed by atoms with Crippen molar-refractivity contribution in [2.45, 2.75) is 6.92 Å². The smallest absolute Gasteiger partial charge is 0.308 e. The lowest BCUT2D eigenvalue weighted by Gasteiger charge is -2.17. The van der Waals surface area contributed by atoms with Gasteiger partial charge in [-0.1, -0.05) is 18.2 Å². The van der Waals surface area contributed by atoms with Gasteiger partial charge in [-0.05, 0) is 24.3 Å². The quantitative estimate of drug-likeness (QED) is 0.396. The molecule has 0 radical (unpaired) electrons. The topological polar surface area (TPSA) is 89.7 Å². The number of carbonyl (C=O) groups is 3. The molecular weight excluding hydrogens is 284 g/mol. The van der Waals surface area contributed by atoms with Crippen LogP contribution in [0.4, 0.5) is 11.4 Å². The number of esters is 1. The fourth-order valence-corrected chi connectivity index (χ4v) is 2.41. The second-order valence-electron chi connectivity index (χ2n) is 4.78. The first-order valence-electron chi connectivity index (χ1n) is 6.55. The Kier molecular flexibility index (Phi) is 3.14. The maximum Gasteiger partial charge on any atom is 0.308 e. The number of hydrogen-bond acceptors (Lipinski definition) is 5. The molecule has 2 amide bonds. The normalized spacial score (nSPS) is 13.2. The fraction of sp³-hybridized carbons (Fsp3) is 0.0625. The highest BCUT2D eigenvalue weighted by molar-refractivity contribution is 6.36. The van der Waals surface area contributed by atoms with Crippen LogP contribution in [0.25, 0.3) is 0 Å². The number of benzene rings is 2. The monoisotopic (exact) mass is 296 g/mol. The Hall–Kier alpha value is -3.15. The third-order valence-corrected chi connectivity index (χ3v) is 3.31. The Labute approximate surface area is 126 Å². The molecule has 0 atom stereocenters. The first-order chi connectivity index (χ1) is 10.5. The molecule has 110 valence electrons. The van der Waals surface area contributed by atoms with Gasteiger partial charge in [0.15, 0.2) is 5.75 Å². The summed E-state index contributed by atoms with van der Waals surface area (Å²) in [6, 6.07) is 11.1. The van der Waals surface area contributed by atoms with Gasteiger partial charge in [0.2, 0.25) is 0 Å². The molecule has 3 rings (SSSR count). The summed E-state index contributed by atoms with van der Waals surface area (Å²) in [5.41, 5.74) is 6.66. The molecular formula is C16H12N2O4. The van der Waals surface area contributed by atoms with Crippen LogP contribution in [0.3, 0.4) is 0 Å². The van der Waals surface area contributed by atoms with Gasteiger partial charge in [0.25, 0.3) is 11.8 Å². The van der Waals surface area contributed by atoms with Gasteiger partial charge in [0, 0.05) is 12.6 Å². The summed E-state index contributed by atoms with van der Waals surface area (Å²) in [6.07, 6.45) is 0. The fourth-order valence-electron chi connectivity index (χ4n) is 2.41. The first kappa shape index (κ1) is 13.8. The van der Waals surface area contributed by atoms with Gasteiger partial charge in [-0.2, -0.15) is 0 Å². The van der Waals surface area contributed by atoms with Crippen molar-refractivity contribution in [3.63, 3.8) is 0 Å². The molecule has 0 aromatic heterocycles. The number of nitrogen functional groups attached to an aromatic ring is 1. The van der Waals surface area contributed by atoms with Gasteiger partial charge in [-0.25, -0.2) is 4.90 Å². The van der Waals surface area contributed by atoms with Gasteiger partial charge in [0.05, 0.1) is 16.8 Å². The predicted octanol–water partition coefficient (Wildman–Crippen LogP) is 1.99. The van der Waals surface area contributed by atoms with Crippen LogP contribution in [0.1, 0.15) is 27.6 Å². The van der Waals surface area contributed by atoms with Crippen molar-refractivity contribution in [3.05, 3.63) is 53.6 Å². The van der Waals surface area contributed by atoms with E-state index in [-0.39, 0.29) is 28.3 Å². The highest BCUT2D eigenvalue weighted by Gasteiger charge is 2.39. The molecule has 22 heavy (non-hydrogen) atoms. The molecule has 0 aliphatic carbocycles. The number of nitrogens with zero attached hydrogens (tertiary/aromatic N) is 1.